The number of unbranched alkanes of at least 4 members (excludes halogenated alkanes) is 1. The zero-order chi connectivity index (χ0) is 11.0. The van der Waals surface area contributed by atoms with E-state index in [9.17, 15) is 9.59 Å². The van der Waals surface area contributed by atoms with Crippen LogP contribution in [0.15, 0.2) is 11.6 Å². The van der Waals surface area contributed by atoms with Crippen LogP contribution in [0, 0.1) is 0 Å². The summed E-state index contributed by atoms with van der Waals surface area (Å²) in [6, 6.07) is 0. The fraction of sp³-hybridized carbons (Fsp3) is 0.600. The SMILES string of the molecule is CN(C)C/C(C=O)=C/CCCC(=O)O. The highest BCUT2D eigenvalue weighted by Gasteiger charge is 1.98. The number of rotatable bonds is 7. The Morgan fingerprint density at radius 1 is 1.43 bits per heavy atom. The molecule has 0 rings (SSSR count). The average Bonchev–Trinajstić information content (AvgIpc) is 2.09. The second kappa shape index (κ2) is 7.26. The Bertz CT molecular complexity index is 221. The van der Waals surface area contributed by atoms with Crippen molar-refractivity contribution in [1.82, 2.24) is 4.90 Å². The standard InChI is InChI=1S/C10H17NO3/c1-11(2)7-9(8-12)5-3-4-6-10(13)14/h5,8H,3-4,6-7H2,1-2H3,(H,13,14)/b9-5-. The van der Waals surface area contributed by atoms with Gasteiger partial charge >= 0.3 is 5.97 Å². The van der Waals surface area contributed by atoms with Gasteiger partial charge in [0.25, 0.3) is 0 Å². The van der Waals surface area contributed by atoms with Crippen LogP contribution in [0.1, 0.15) is 19.3 Å². The molecule has 0 aromatic carbocycles. The van der Waals surface area contributed by atoms with Gasteiger partial charge in [0.05, 0.1) is 0 Å². The van der Waals surface area contributed by atoms with Crippen LogP contribution in [0.2, 0.25) is 0 Å². The van der Waals surface area contributed by atoms with E-state index in [0.717, 1.165) is 6.29 Å². The van der Waals surface area contributed by atoms with Gasteiger partial charge in [0, 0.05) is 18.5 Å². The van der Waals surface area contributed by atoms with Gasteiger partial charge in [0.15, 0.2) is 0 Å². The minimum atomic E-state index is -0.793. The van der Waals surface area contributed by atoms with Crippen LogP contribution in [0.25, 0.3) is 0 Å². The molecule has 80 valence electrons. The third-order valence-electron chi connectivity index (χ3n) is 1.65. The largest absolute Gasteiger partial charge is 0.481 e. The first-order chi connectivity index (χ1) is 6.56. The van der Waals surface area contributed by atoms with Crippen LogP contribution in [-0.2, 0) is 9.59 Å². The summed E-state index contributed by atoms with van der Waals surface area (Å²) in [5.41, 5.74) is 0.709. The van der Waals surface area contributed by atoms with E-state index >= 15 is 0 Å². The molecule has 0 bridgehead atoms. The minimum Gasteiger partial charge on any atom is -0.481 e. The van der Waals surface area contributed by atoms with Gasteiger partial charge in [-0.05, 0) is 26.9 Å². The van der Waals surface area contributed by atoms with E-state index in [1.54, 1.807) is 6.08 Å². The summed E-state index contributed by atoms with van der Waals surface area (Å²) in [6.45, 7) is 0.608. The van der Waals surface area contributed by atoms with Gasteiger partial charge in [-0.2, -0.15) is 0 Å². The Morgan fingerprint density at radius 3 is 2.50 bits per heavy atom. The Kier molecular flexibility index (Phi) is 6.66. The van der Waals surface area contributed by atoms with Gasteiger partial charge in [-0.3, -0.25) is 9.59 Å². The molecular formula is C10H17NO3. The normalized spacial score (nSPS) is 11.8. The van der Waals surface area contributed by atoms with Gasteiger partial charge in [0.2, 0.25) is 0 Å². The van der Waals surface area contributed by atoms with Crippen molar-refractivity contribution in [1.29, 1.82) is 0 Å². The van der Waals surface area contributed by atoms with Crippen molar-refractivity contribution in [3.8, 4) is 0 Å². The lowest BCUT2D eigenvalue weighted by atomic mass is 10.1. The zero-order valence-electron chi connectivity index (χ0n) is 8.69. The molecule has 0 unspecified atom stereocenters. The van der Waals surface area contributed by atoms with Crippen LogP contribution < -0.4 is 0 Å². The van der Waals surface area contributed by atoms with Crippen molar-refractivity contribution in [3.63, 3.8) is 0 Å². The van der Waals surface area contributed by atoms with Crippen molar-refractivity contribution in [2.75, 3.05) is 20.6 Å². The first-order valence-corrected chi connectivity index (χ1v) is 4.57. The van der Waals surface area contributed by atoms with Gasteiger partial charge in [-0.15, -0.1) is 0 Å². The molecule has 0 saturated carbocycles. The van der Waals surface area contributed by atoms with Crippen LogP contribution in [0.4, 0.5) is 0 Å². The molecule has 14 heavy (non-hydrogen) atoms. The Morgan fingerprint density at radius 2 is 2.07 bits per heavy atom. The fourth-order valence-corrected chi connectivity index (χ4v) is 1.06. The number of likely N-dealkylation sites (N-methyl/N-ethyl adjacent to an activating group) is 1. The Hall–Kier alpha value is -1.16. The van der Waals surface area contributed by atoms with Gasteiger partial charge in [-0.1, -0.05) is 6.08 Å². The predicted molar refractivity (Wildman–Crippen MR) is 54.2 cm³/mol. The lowest BCUT2D eigenvalue weighted by Gasteiger charge is -2.08. The first kappa shape index (κ1) is 12.8. The maximum atomic E-state index is 10.6. The molecule has 4 nitrogen and oxygen atoms in total. The minimum absolute atomic E-state index is 0.157. The summed E-state index contributed by atoms with van der Waals surface area (Å²) in [5.74, 6) is -0.793. The average molecular weight is 199 g/mol. The van der Waals surface area contributed by atoms with E-state index in [2.05, 4.69) is 0 Å². The third-order valence-corrected chi connectivity index (χ3v) is 1.65. The molecule has 0 heterocycles. The quantitative estimate of drug-likeness (QED) is 0.376. The molecule has 0 radical (unpaired) electrons. The first-order valence-electron chi connectivity index (χ1n) is 4.57. The summed E-state index contributed by atoms with van der Waals surface area (Å²) in [6.07, 6.45) is 4.01. The molecule has 0 amide bonds. The number of aldehydes is 1. The molecule has 0 atom stereocenters. The number of carbonyl (C=O) groups is 2. The molecule has 0 aliphatic carbocycles. The Labute approximate surface area is 84.2 Å². The maximum Gasteiger partial charge on any atom is 0.303 e. The van der Waals surface area contributed by atoms with E-state index in [-0.39, 0.29) is 6.42 Å². The van der Waals surface area contributed by atoms with E-state index in [1.807, 2.05) is 19.0 Å². The molecule has 0 aliphatic rings. The van der Waals surface area contributed by atoms with Gasteiger partial charge in [-0.25, -0.2) is 0 Å². The van der Waals surface area contributed by atoms with E-state index in [4.69, 9.17) is 5.11 Å². The monoisotopic (exact) mass is 199 g/mol. The van der Waals surface area contributed by atoms with Crippen LogP contribution in [0.3, 0.4) is 0 Å². The summed E-state index contributed by atoms with van der Waals surface area (Å²) in [5, 5.41) is 8.38. The molecule has 0 aromatic heterocycles. The number of hydrogen-bond donors (Lipinski definition) is 1. The molecule has 4 heteroatoms. The maximum absolute atomic E-state index is 10.6. The molecule has 0 aromatic rings. The number of carboxylic acid groups (broad SMARTS) is 1. The van der Waals surface area contributed by atoms with Crippen molar-refractivity contribution in [2.24, 2.45) is 0 Å². The smallest absolute Gasteiger partial charge is 0.303 e. The molecule has 0 saturated heterocycles. The van der Waals surface area contributed by atoms with Gasteiger partial charge < -0.3 is 10.0 Å². The summed E-state index contributed by atoms with van der Waals surface area (Å²) >= 11 is 0. The molecule has 1 N–H and O–H groups in total. The highest BCUT2D eigenvalue weighted by atomic mass is 16.4. The molecular weight excluding hydrogens is 182 g/mol. The van der Waals surface area contributed by atoms with Crippen molar-refractivity contribution >= 4 is 12.3 Å². The number of aliphatic carboxylic acids is 1. The van der Waals surface area contributed by atoms with Crippen molar-refractivity contribution in [3.05, 3.63) is 11.6 Å². The fourth-order valence-electron chi connectivity index (χ4n) is 1.06. The lowest BCUT2D eigenvalue weighted by molar-refractivity contribution is -0.137. The predicted octanol–water partition coefficient (Wildman–Crippen LogP) is 0.928. The number of carboxylic acids is 1. The summed E-state index contributed by atoms with van der Waals surface area (Å²) < 4.78 is 0. The van der Waals surface area contributed by atoms with Crippen LogP contribution in [-0.4, -0.2) is 42.9 Å². The van der Waals surface area contributed by atoms with Gasteiger partial charge in [0.1, 0.15) is 6.29 Å². The second-order valence-corrected chi connectivity index (χ2v) is 3.42. The van der Waals surface area contributed by atoms with Crippen LogP contribution in [0.5, 0.6) is 0 Å². The highest BCUT2D eigenvalue weighted by Crippen LogP contribution is 2.01. The number of hydrogen-bond acceptors (Lipinski definition) is 3. The zero-order valence-corrected chi connectivity index (χ0v) is 8.69. The summed E-state index contributed by atoms with van der Waals surface area (Å²) in [7, 11) is 3.77. The number of nitrogens with zero attached hydrogens (tertiary/aromatic N) is 1. The van der Waals surface area contributed by atoms with Crippen LogP contribution >= 0.6 is 0 Å². The molecule has 0 fully saturated rings. The topological polar surface area (TPSA) is 57.6 Å². The third kappa shape index (κ3) is 7.49. The van der Waals surface area contributed by atoms with E-state index in [0.29, 0.717) is 25.0 Å². The molecule has 0 spiro atoms. The summed E-state index contributed by atoms with van der Waals surface area (Å²) in [4.78, 5) is 22.7. The molecule has 0 aliphatic heterocycles. The number of carbonyl (C=O) groups excluding carboxylic acids is 1. The van der Waals surface area contributed by atoms with E-state index in [1.165, 1.54) is 0 Å². The van der Waals surface area contributed by atoms with E-state index < -0.39 is 5.97 Å². The Balaban J connectivity index is 3.81. The second-order valence-electron chi connectivity index (χ2n) is 3.42. The van der Waals surface area contributed by atoms with Crippen molar-refractivity contribution < 1.29 is 14.7 Å². The highest BCUT2D eigenvalue weighted by molar-refractivity contribution is 5.73. The number of allylic oxidation sites excluding steroid dienone is 1. The lowest BCUT2D eigenvalue weighted by Crippen LogP contribution is -2.15. The van der Waals surface area contributed by atoms with Crippen molar-refractivity contribution in [2.45, 2.75) is 19.3 Å².